The van der Waals surface area contributed by atoms with Crippen LogP contribution in [-0.4, -0.2) is 35.0 Å². The SMILES string of the molecule is C/C=C/C(C)C(O)/C=C/C(C)=C/CC1O[C@@]2(CCC1C)CCC(CCCC)C(/C=C/C(C)=C/CC(=O)CC)O2. The summed E-state index contributed by atoms with van der Waals surface area (Å²) in [6, 6.07) is 0. The zero-order chi connectivity index (χ0) is 28.8. The number of ketones is 1. The van der Waals surface area contributed by atoms with Crippen molar-refractivity contribution in [3.05, 3.63) is 59.8 Å². The van der Waals surface area contributed by atoms with Crippen molar-refractivity contribution < 1.29 is 19.4 Å². The number of hydrogen-bond donors (Lipinski definition) is 1. The van der Waals surface area contributed by atoms with E-state index in [2.05, 4.69) is 45.9 Å². The Kier molecular flexibility index (Phi) is 14.7. The molecule has 2 rings (SSSR count). The highest BCUT2D eigenvalue weighted by molar-refractivity contribution is 5.79. The lowest BCUT2D eigenvalue weighted by molar-refractivity contribution is -0.324. The standard InChI is InChI=1S/C35H56O4/c1-8-11-13-30-23-25-35(39-34(30)21-17-26(4)14-18-31(36)10-3)24-22-29(7)33(38-35)20-16-27(5)15-19-32(37)28(6)12-9-2/h9,12,14-17,19,21,28-30,32-34,37H,8,10-11,13,18,20,22-25H2,1-7H3/b12-9+,19-15+,21-17+,26-14+,27-16+/t28?,29?,30?,32?,33?,34?,35-/m1/s1. The van der Waals surface area contributed by atoms with E-state index in [4.69, 9.17) is 9.47 Å². The Hall–Kier alpha value is -1.75. The number of Topliss-reactive ketones (excluding diaryl/α,β-unsaturated/α-hetero) is 1. The Balaban J connectivity index is 2.09. The summed E-state index contributed by atoms with van der Waals surface area (Å²) in [5.74, 6) is 0.833. The Bertz CT molecular complexity index is 894. The largest absolute Gasteiger partial charge is 0.388 e. The summed E-state index contributed by atoms with van der Waals surface area (Å²) in [6.07, 6.45) is 25.8. The van der Waals surface area contributed by atoms with E-state index in [9.17, 15) is 9.90 Å². The van der Waals surface area contributed by atoms with Gasteiger partial charge in [0.25, 0.3) is 0 Å². The topological polar surface area (TPSA) is 55.8 Å². The van der Waals surface area contributed by atoms with Gasteiger partial charge in [-0.15, -0.1) is 0 Å². The molecule has 0 aromatic heterocycles. The quantitative estimate of drug-likeness (QED) is 0.177. The lowest BCUT2D eigenvalue weighted by Crippen LogP contribution is -2.52. The highest BCUT2D eigenvalue weighted by Crippen LogP contribution is 2.45. The predicted octanol–water partition coefficient (Wildman–Crippen LogP) is 8.82. The average molecular weight is 541 g/mol. The van der Waals surface area contributed by atoms with Gasteiger partial charge in [0.1, 0.15) is 5.78 Å². The maximum Gasteiger partial charge on any atom is 0.169 e. The van der Waals surface area contributed by atoms with Crippen LogP contribution in [0, 0.1) is 17.8 Å². The van der Waals surface area contributed by atoms with Gasteiger partial charge in [-0.1, -0.05) is 100 Å². The van der Waals surface area contributed by atoms with Crippen LogP contribution >= 0.6 is 0 Å². The van der Waals surface area contributed by atoms with Gasteiger partial charge < -0.3 is 14.6 Å². The highest BCUT2D eigenvalue weighted by atomic mass is 16.7. The minimum absolute atomic E-state index is 0.0328. The Morgan fingerprint density at radius 2 is 1.77 bits per heavy atom. The molecule has 0 saturated carbocycles. The van der Waals surface area contributed by atoms with Crippen LogP contribution in [0.5, 0.6) is 0 Å². The maximum atomic E-state index is 11.7. The molecule has 2 aliphatic heterocycles. The van der Waals surface area contributed by atoms with E-state index in [1.54, 1.807) is 0 Å². The summed E-state index contributed by atoms with van der Waals surface area (Å²) in [7, 11) is 0. The molecule has 1 N–H and O–H groups in total. The highest BCUT2D eigenvalue weighted by Gasteiger charge is 2.46. The lowest BCUT2D eigenvalue weighted by Gasteiger charge is -2.49. The van der Waals surface area contributed by atoms with Gasteiger partial charge in [0.15, 0.2) is 5.79 Å². The summed E-state index contributed by atoms with van der Waals surface area (Å²) in [6.45, 7) is 14.6. The zero-order valence-electron chi connectivity index (χ0n) is 25.8. The lowest BCUT2D eigenvalue weighted by atomic mass is 9.81. The smallest absolute Gasteiger partial charge is 0.169 e. The van der Waals surface area contributed by atoms with Crippen molar-refractivity contribution in [1.82, 2.24) is 0 Å². The van der Waals surface area contributed by atoms with Crippen LogP contribution in [0.1, 0.15) is 113 Å². The third-order valence-electron chi connectivity index (χ3n) is 8.48. The molecule has 0 aromatic carbocycles. The van der Waals surface area contributed by atoms with Crippen LogP contribution in [0.3, 0.4) is 0 Å². The van der Waals surface area contributed by atoms with Crippen molar-refractivity contribution in [3.63, 3.8) is 0 Å². The summed E-state index contributed by atoms with van der Waals surface area (Å²) < 4.78 is 13.7. The number of carbonyl (C=O) groups excluding carboxylic acids is 1. The van der Waals surface area contributed by atoms with Crippen molar-refractivity contribution in [2.45, 2.75) is 137 Å². The molecule has 220 valence electrons. The fourth-order valence-electron chi connectivity index (χ4n) is 5.53. The Morgan fingerprint density at radius 3 is 2.46 bits per heavy atom. The second-order valence-corrected chi connectivity index (χ2v) is 11.9. The van der Waals surface area contributed by atoms with Crippen LogP contribution in [-0.2, 0) is 14.3 Å². The zero-order valence-corrected chi connectivity index (χ0v) is 25.8. The molecule has 0 amide bonds. The first kappa shape index (κ1) is 33.5. The van der Waals surface area contributed by atoms with Crippen LogP contribution in [0.25, 0.3) is 0 Å². The van der Waals surface area contributed by atoms with Crippen molar-refractivity contribution in [2.75, 3.05) is 0 Å². The van der Waals surface area contributed by atoms with E-state index < -0.39 is 11.9 Å². The van der Waals surface area contributed by atoms with Crippen molar-refractivity contribution in [3.8, 4) is 0 Å². The number of aliphatic hydroxyl groups is 1. The molecule has 2 fully saturated rings. The number of rotatable bonds is 14. The van der Waals surface area contributed by atoms with Gasteiger partial charge in [-0.25, -0.2) is 0 Å². The fourth-order valence-corrected chi connectivity index (χ4v) is 5.53. The van der Waals surface area contributed by atoms with Crippen LogP contribution < -0.4 is 0 Å². The van der Waals surface area contributed by atoms with E-state index in [0.29, 0.717) is 24.7 Å². The minimum Gasteiger partial charge on any atom is -0.388 e. The number of aliphatic hydroxyl groups excluding tert-OH is 1. The fraction of sp³-hybridized carbons (Fsp3) is 0.686. The molecule has 0 aliphatic carbocycles. The van der Waals surface area contributed by atoms with Crippen molar-refractivity contribution in [2.24, 2.45) is 17.8 Å². The van der Waals surface area contributed by atoms with E-state index in [0.717, 1.165) is 43.3 Å². The van der Waals surface area contributed by atoms with E-state index in [-0.39, 0.29) is 23.9 Å². The first-order valence-corrected chi connectivity index (χ1v) is 15.5. The molecule has 0 aromatic rings. The van der Waals surface area contributed by atoms with Crippen molar-refractivity contribution >= 4 is 5.78 Å². The van der Waals surface area contributed by atoms with Gasteiger partial charge in [0.2, 0.25) is 0 Å². The van der Waals surface area contributed by atoms with E-state index in [1.165, 1.54) is 19.3 Å². The summed E-state index contributed by atoms with van der Waals surface area (Å²) in [5, 5.41) is 10.3. The van der Waals surface area contributed by atoms with Gasteiger partial charge in [-0.05, 0) is 58.3 Å². The number of unbranched alkanes of at least 4 members (excludes halogenated alkanes) is 1. The molecular weight excluding hydrogens is 484 g/mol. The molecule has 4 nitrogen and oxygen atoms in total. The molecule has 0 bridgehead atoms. The normalized spacial score (nSPS) is 30.6. The van der Waals surface area contributed by atoms with Crippen LogP contribution in [0.15, 0.2) is 59.8 Å². The third kappa shape index (κ3) is 11.3. The van der Waals surface area contributed by atoms with Gasteiger partial charge in [0, 0.05) is 31.6 Å². The molecule has 6 unspecified atom stereocenters. The van der Waals surface area contributed by atoms with Gasteiger partial charge >= 0.3 is 0 Å². The summed E-state index contributed by atoms with van der Waals surface area (Å²) in [4.78, 5) is 11.7. The molecule has 2 saturated heterocycles. The average Bonchev–Trinajstić information content (AvgIpc) is 2.93. The second kappa shape index (κ2) is 17.1. The Morgan fingerprint density at radius 1 is 1.05 bits per heavy atom. The number of hydrogen-bond acceptors (Lipinski definition) is 4. The summed E-state index contributed by atoms with van der Waals surface area (Å²) in [5.41, 5.74) is 2.26. The predicted molar refractivity (Wildman–Crippen MR) is 163 cm³/mol. The molecule has 0 radical (unpaired) electrons. The Labute approximate surface area is 239 Å². The van der Waals surface area contributed by atoms with E-state index in [1.807, 2.05) is 51.2 Å². The molecule has 7 atom stereocenters. The monoisotopic (exact) mass is 540 g/mol. The van der Waals surface area contributed by atoms with Gasteiger partial charge in [-0.3, -0.25) is 4.79 Å². The molecule has 1 spiro atoms. The molecule has 4 heteroatoms. The molecule has 39 heavy (non-hydrogen) atoms. The van der Waals surface area contributed by atoms with Gasteiger partial charge in [0.05, 0.1) is 18.3 Å². The molecular formula is C35H56O4. The first-order valence-electron chi connectivity index (χ1n) is 15.5. The van der Waals surface area contributed by atoms with E-state index >= 15 is 0 Å². The third-order valence-corrected chi connectivity index (χ3v) is 8.48. The number of carbonyl (C=O) groups is 1. The molecule has 2 heterocycles. The number of ether oxygens (including phenoxy) is 2. The molecule has 2 aliphatic rings. The first-order chi connectivity index (χ1) is 18.6. The van der Waals surface area contributed by atoms with Gasteiger partial charge in [-0.2, -0.15) is 0 Å². The van der Waals surface area contributed by atoms with Crippen LogP contribution in [0.2, 0.25) is 0 Å². The summed E-state index contributed by atoms with van der Waals surface area (Å²) >= 11 is 0. The number of allylic oxidation sites excluding steroid dienone is 6. The maximum absolute atomic E-state index is 11.7. The van der Waals surface area contributed by atoms with Crippen molar-refractivity contribution in [1.29, 1.82) is 0 Å². The van der Waals surface area contributed by atoms with Crippen LogP contribution in [0.4, 0.5) is 0 Å². The second-order valence-electron chi connectivity index (χ2n) is 11.9. The minimum atomic E-state index is -0.514.